The molecule has 0 saturated heterocycles. The fraction of sp³-hybridized carbons (Fsp3) is 0.520. The normalized spacial score (nSPS) is 31.6. The van der Waals surface area contributed by atoms with Crippen LogP contribution < -0.4 is 10.6 Å². The van der Waals surface area contributed by atoms with E-state index in [1.165, 1.54) is 13.0 Å². The lowest BCUT2D eigenvalue weighted by molar-refractivity contribution is -0.178. The summed E-state index contributed by atoms with van der Waals surface area (Å²) in [5.41, 5.74) is 3.24. The van der Waals surface area contributed by atoms with Gasteiger partial charge in [-0.25, -0.2) is 0 Å². The van der Waals surface area contributed by atoms with E-state index in [1.54, 1.807) is 38.0 Å². The van der Waals surface area contributed by atoms with Crippen molar-refractivity contribution >= 4 is 28.9 Å². The fourth-order valence-electron chi connectivity index (χ4n) is 6.32. The van der Waals surface area contributed by atoms with E-state index in [1.807, 2.05) is 0 Å². The van der Waals surface area contributed by atoms with Crippen molar-refractivity contribution in [1.29, 1.82) is 0 Å². The Kier molecular flexibility index (Phi) is 6.02. The van der Waals surface area contributed by atoms with Gasteiger partial charge >= 0.3 is 0 Å². The first-order chi connectivity index (χ1) is 16.7. The van der Waals surface area contributed by atoms with Gasteiger partial charge in [0.05, 0.1) is 17.2 Å². The minimum atomic E-state index is -2.65. The van der Waals surface area contributed by atoms with Crippen molar-refractivity contribution in [2.24, 2.45) is 23.5 Å². The highest BCUT2D eigenvalue weighted by Gasteiger charge is 2.66. The van der Waals surface area contributed by atoms with Gasteiger partial charge in [-0.1, -0.05) is 0 Å². The molecule has 6 atom stereocenters. The number of nitrogens with zero attached hydrogens (tertiary/aromatic N) is 2. The first-order valence-electron chi connectivity index (χ1n) is 11.6. The van der Waals surface area contributed by atoms with Gasteiger partial charge in [-0.3, -0.25) is 19.2 Å². The number of hydrogen-bond donors (Lipinski definition) is 5. The molecule has 6 N–H and O–H groups in total. The van der Waals surface area contributed by atoms with E-state index >= 15 is 0 Å². The number of hydrogen-bond acceptors (Lipinski definition) is 10. The number of aliphatic hydroxyl groups excluding tert-OH is 2. The van der Waals surface area contributed by atoms with Gasteiger partial charge in [-0.05, 0) is 51.4 Å². The molecule has 3 aliphatic rings. The van der Waals surface area contributed by atoms with Crippen molar-refractivity contribution in [2.45, 2.75) is 37.5 Å². The lowest BCUT2D eigenvalue weighted by atomic mass is 9.56. The number of fused-ring (bicyclic) bond motifs is 3. The van der Waals surface area contributed by atoms with Crippen molar-refractivity contribution < 1.29 is 39.6 Å². The van der Waals surface area contributed by atoms with Gasteiger partial charge < -0.3 is 36.0 Å². The molecule has 11 heteroatoms. The van der Waals surface area contributed by atoms with Crippen LogP contribution in [0.25, 0.3) is 0 Å². The monoisotopic (exact) mass is 501 g/mol. The first-order valence-corrected chi connectivity index (χ1v) is 11.6. The second kappa shape index (κ2) is 8.39. The summed E-state index contributed by atoms with van der Waals surface area (Å²) in [6.07, 6.45) is -1.34. The third-order valence-corrected chi connectivity index (χ3v) is 7.93. The number of likely N-dealkylation sites (N-methyl/N-ethyl adjacent to an activating group) is 1. The predicted molar refractivity (Wildman–Crippen MR) is 128 cm³/mol. The van der Waals surface area contributed by atoms with Crippen molar-refractivity contribution in [1.82, 2.24) is 4.90 Å². The summed E-state index contributed by atoms with van der Waals surface area (Å²) in [5.74, 6) is -8.59. The predicted octanol–water partition coefficient (Wildman–Crippen LogP) is -0.446. The van der Waals surface area contributed by atoms with Gasteiger partial charge in [0.25, 0.3) is 0 Å². The standard InChI is InChI=1S/C25H31N3O8/c1-9(29)11-8-14(27(2)3)12-6-10-7-13-18(28(4)5)21(32)17(24(26)35)23(34)25(13,36)22(33)15(10)20(31)16(12)19(11)30/h8,10,13,17-18,21,30,32-33,36H,6-7H2,1-5H3,(H2,26,35)/t10-,13-,17?,18-,21?,25-/m0/s1. The summed E-state index contributed by atoms with van der Waals surface area (Å²) in [6.45, 7) is 1.25. The largest absolute Gasteiger partial charge is 0.508 e. The lowest BCUT2D eigenvalue weighted by Gasteiger charge is -2.53. The van der Waals surface area contributed by atoms with Gasteiger partial charge in [-0.15, -0.1) is 0 Å². The zero-order chi connectivity index (χ0) is 27.0. The highest BCUT2D eigenvalue weighted by atomic mass is 16.3. The molecule has 0 radical (unpaired) electrons. The average molecular weight is 502 g/mol. The van der Waals surface area contributed by atoms with Crippen molar-refractivity contribution in [3.63, 3.8) is 0 Å². The number of anilines is 1. The number of Topliss-reactive ketones (excluding diaryl/α,β-unsaturated/α-hetero) is 3. The Bertz CT molecular complexity index is 1240. The van der Waals surface area contributed by atoms with Gasteiger partial charge in [0.15, 0.2) is 23.0 Å². The van der Waals surface area contributed by atoms with Crippen molar-refractivity contribution in [3.05, 3.63) is 34.1 Å². The van der Waals surface area contributed by atoms with E-state index in [2.05, 4.69) is 0 Å². The third-order valence-electron chi connectivity index (χ3n) is 7.93. The van der Waals surface area contributed by atoms with Crippen molar-refractivity contribution in [3.8, 4) is 5.75 Å². The fourth-order valence-corrected chi connectivity index (χ4v) is 6.32. The Morgan fingerprint density at radius 1 is 1.14 bits per heavy atom. The number of allylic oxidation sites excluding steroid dienone is 1. The molecule has 2 unspecified atom stereocenters. The molecule has 0 aromatic heterocycles. The summed E-state index contributed by atoms with van der Waals surface area (Å²) in [4.78, 5) is 54.7. The molecule has 1 fully saturated rings. The van der Waals surface area contributed by atoms with E-state index in [9.17, 15) is 39.6 Å². The maximum atomic E-state index is 13.8. The van der Waals surface area contributed by atoms with Crippen LogP contribution in [0.4, 0.5) is 5.69 Å². The summed E-state index contributed by atoms with van der Waals surface area (Å²) in [5, 5.41) is 44.8. The van der Waals surface area contributed by atoms with E-state index < -0.39 is 70.3 Å². The number of ketones is 3. The zero-order valence-electron chi connectivity index (χ0n) is 20.8. The molecule has 4 rings (SSSR count). The molecule has 11 nitrogen and oxygen atoms in total. The Hall–Kier alpha value is -3.28. The first kappa shape index (κ1) is 25.8. The number of phenolic OH excluding ortho intramolecular Hbond substituents is 1. The van der Waals surface area contributed by atoms with Gasteiger partial charge in [0.2, 0.25) is 5.91 Å². The van der Waals surface area contributed by atoms with Crippen LogP contribution in [0, 0.1) is 17.8 Å². The van der Waals surface area contributed by atoms with Crippen molar-refractivity contribution in [2.75, 3.05) is 33.1 Å². The topological polar surface area (TPSA) is 182 Å². The maximum absolute atomic E-state index is 13.8. The molecule has 0 spiro atoms. The Morgan fingerprint density at radius 3 is 2.25 bits per heavy atom. The number of nitrogens with two attached hydrogens (primary N) is 1. The molecule has 1 aromatic rings. The number of rotatable bonds is 4. The van der Waals surface area contributed by atoms with Crippen LogP contribution in [-0.4, -0.2) is 94.5 Å². The number of primary amides is 1. The van der Waals surface area contributed by atoms with Crippen LogP contribution in [0.1, 0.15) is 39.6 Å². The smallest absolute Gasteiger partial charge is 0.230 e. The number of benzene rings is 1. The van der Waals surface area contributed by atoms with Crippen LogP contribution in [0.15, 0.2) is 17.4 Å². The number of carbonyl (C=O) groups is 4. The lowest BCUT2D eigenvalue weighted by Crippen LogP contribution is -2.71. The second-order valence-electron chi connectivity index (χ2n) is 10.4. The number of phenols is 1. The molecule has 0 heterocycles. The molecule has 1 saturated carbocycles. The molecule has 1 aromatic carbocycles. The van der Waals surface area contributed by atoms with E-state index in [-0.39, 0.29) is 29.5 Å². The highest BCUT2D eigenvalue weighted by Crippen LogP contribution is 2.53. The summed E-state index contributed by atoms with van der Waals surface area (Å²) in [6, 6.07) is 0.568. The number of aromatic hydroxyl groups is 1. The molecule has 0 bridgehead atoms. The van der Waals surface area contributed by atoms with Crippen LogP contribution in [0.2, 0.25) is 0 Å². The molecule has 1 amide bonds. The molecule has 36 heavy (non-hydrogen) atoms. The van der Waals surface area contributed by atoms with Gasteiger partial charge in [0.1, 0.15) is 17.4 Å². The zero-order valence-corrected chi connectivity index (χ0v) is 20.8. The maximum Gasteiger partial charge on any atom is 0.230 e. The summed E-state index contributed by atoms with van der Waals surface area (Å²) >= 11 is 0. The quantitative estimate of drug-likeness (QED) is 0.268. The third kappa shape index (κ3) is 3.30. The number of carbonyl (C=O) groups excluding carboxylic acids is 4. The Labute approximate surface area is 207 Å². The molecule has 3 aliphatic carbocycles. The van der Waals surface area contributed by atoms with Crippen LogP contribution in [0.5, 0.6) is 5.75 Å². The molecular weight excluding hydrogens is 470 g/mol. The summed E-state index contributed by atoms with van der Waals surface area (Å²) < 4.78 is 0. The second-order valence-corrected chi connectivity index (χ2v) is 10.4. The van der Waals surface area contributed by atoms with Gasteiger partial charge in [0, 0.05) is 37.3 Å². The highest BCUT2D eigenvalue weighted by molar-refractivity contribution is 6.17. The number of amides is 1. The van der Waals surface area contributed by atoms with Gasteiger partial charge in [-0.2, -0.15) is 0 Å². The minimum Gasteiger partial charge on any atom is -0.508 e. The number of aliphatic hydroxyl groups is 3. The summed E-state index contributed by atoms with van der Waals surface area (Å²) in [7, 11) is 6.66. The SMILES string of the molecule is CC(=O)c1cc(N(C)C)c2c(c1O)C(=O)C1=C(O)[C@]3(O)C(=O)C(C(N)=O)C(O)[C@@H](N(C)C)[C@@H]3C[C@@H]1C2. The van der Waals surface area contributed by atoms with Crippen LogP contribution >= 0.6 is 0 Å². The average Bonchev–Trinajstić information content (AvgIpc) is 2.75. The van der Waals surface area contributed by atoms with Crippen LogP contribution in [-0.2, 0) is 16.0 Å². The van der Waals surface area contributed by atoms with E-state index in [0.29, 0.717) is 11.3 Å². The Morgan fingerprint density at radius 2 is 1.75 bits per heavy atom. The Balaban J connectivity index is 1.99. The van der Waals surface area contributed by atoms with E-state index in [4.69, 9.17) is 5.73 Å². The molecule has 0 aliphatic heterocycles. The molecular formula is C25H31N3O8. The van der Waals surface area contributed by atoms with Crippen LogP contribution in [0.3, 0.4) is 0 Å². The van der Waals surface area contributed by atoms with E-state index in [0.717, 1.165) is 0 Å². The minimum absolute atomic E-state index is 0.0281. The molecule has 194 valence electrons.